The molecule has 1 aliphatic carbocycles. The molecular formula is C27H18Br2. The predicted molar refractivity (Wildman–Crippen MR) is 132 cm³/mol. The second kappa shape index (κ2) is 5.93. The Hall–Kier alpha value is -2.16. The van der Waals surface area contributed by atoms with E-state index in [0.29, 0.717) is 0 Å². The van der Waals surface area contributed by atoms with E-state index in [4.69, 9.17) is 0 Å². The summed E-state index contributed by atoms with van der Waals surface area (Å²) in [7, 11) is 0. The van der Waals surface area contributed by atoms with E-state index in [-0.39, 0.29) is 5.41 Å². The molecule has 140 valence electrons. The third-order valence-electron chi connectivity index (χ3n) is 6.53. The molecule has 1 aliphatic rings. The van der Waals surface area contributed by atoms with Crippen molar-refractivity contribution in [2.24, 2.45) is 0 Å². The molecule has 0 aliphatic heterocycles. The van der Waals surface area contributed by atoms with Crippen molar-refractivity contribution in [2.75, 3.05) is 0 Å². The number of fused-ring (bicyclic) bond motifs is 10. The fourth-order valence-electron chi connectivity index (χ4n) is 5.30. The molecule has 0 radical (unpaired) electrons. The van der Waals surface area contributed by atoms with Gasteiger partial charge in [-0.3, -0.25) is 0 Å². The van der Waals surface area contributed by atoms with Gasteiger partial charge in [-0.1, -0.05) is 100 Å². The van der Waals surface area contributed by atoms with Gasteiger partial charge in [0.05, 0.1) is 0 Å². The maximum absolute atomic E-state index is 3.85. The van der Waals surface area contributed by atoms with Crippen molar-refractivity contribution >= 4 is 64.2 Å². The molecule has 0 saturated heterocycles. The number of halogens is 2. The SMILES string of the molecule is CC1(C)c2cc(Br)c3ccccc3c2-c2c1c1ccc(Br)cc1c1ccccc21. The monoisotopic (exact) mass is 500 g/mol. The topological polar surface area (TPSA) is 0 Å². The normalized spacial score (nSPS) is 14.5. The van der Waals surface area contributed by atoms with Crippen LogP contribution in [0.25, 0.3) is 43.4 Å². The molecule has 0 bridgehead atoms. The average molecular weight is 502 g/mol. The highest BCUT2D eigenvalue weighted by molar-refractivity contribution is 9.11. The van der Waals surface area contributed by atoms with Gasteiger partial charge in [0.25, 0.3) is 0 Å². The van der Waals surface area contributed by atoms with Gasteiger partial charge in [-0.25, -0.2) is 0 Å². The van der Waals surface area contributed by atoms with E-state index in [2.05, 4.69) is 119 Å². The van der Waals surface area contributed by atoms with Gasteiger partial charge in [0, 0.05) is 14.4 Å². The summed E-state index contributed by atoms with van der Waals surface area (Å²) in [5, 5.41) is 7.92. The molecule has 0 spiro atoms. The maximum atomic E-state index is 3.85. The average Bonchev–Trinajstić information content (AvgIpc) is 2.96. The van der Waals surface area contributed by atoms with Crippen LogP contribution in [0.2, 0.25) is 0 Å². The maximum Gasteiger partial charge on any atom is 0.0257 e. The van der Waals surface area contributed by atoms with E-state index in [9.17, 15) is 0 Å². The summed E-state index contributed by atoms with van der Waals surface area (Å²) in [5.41, 5.74) is 5.56. The molecule has 5 aromatic rings. The molecule has 5 aromatic carbocycles. The highest BCUT2D eigenvalue weighted by atomic mass is 79.9. The number of benzene rings is 5. The van der Waals surface area contributed by atoms with E-state index < -0.39 is 0 Å². The van der Waals surface area contributed by atoms with Crippen molar-refractivity contribution in [1.82, 2.24) is 0 Å². The highest BCUT2D eigenvalue weighted by Crippen LogP contribution is 2.57. The molecule has 2 heteroatoms. The Balaban J connectivity index is 1.95. The van der Waals surface area contributed by atoms with Crippen molar-refractivity contribution < 1.29 is 0 Å². The molecule has 0 aromatic heterocycles. The molecule has 0 saturated carbocycles. The summed E-state index contributed by atoms with van der Waals surface area (Å²) in [4.78, 5) is 0. The van der Waals surface area contributed by atoms with Gasteiger partial charge in [0.2, 0.25) is 0 Å². The summed E-state index contributed by atoms with van der Waals surface area (Å²) in [5.74, 6) is 0. The minimum Gasteiger partial charge on any atom is -0.0616 e. The van der Waals surface area contributed by atoms with E-state index in [0.717, 1.165) is 4.47 Å². The Morgan fingerprint density at radius 1 is 0.586 bits per heavy atom. The molecule has 0 nitrogen and oxygen atoms in total. The van der Waals surface area contributed by atoms with Crippen molar-refractivity contribution in [3.05, 3.63) is 92.9 Å². The molecule has 0 amide bonds. The molecule has 0 unspecified atom stereocenters. The van der Waals surface area contributed by atoms with Crippen LogP contribution in [0, 0.1) is 0 Å². The van der Waals surface area contributed by atoms with Crippen LogP contribution in [-0.2, 0) is 5.41 Å². The van der Waals surface area contributed by atoms with Gasteiger partial charge in [-0.2, -0.15) is 0 Å². The van der Waals surface area contributed by atoms with Crippen molar-refractivity contribution in [3.8, 4) is 11.1 Å². The van der Waals surface area contributed by atoms with Gasteiger partial charge >= 0.3 is 0 Å². The second-order valence-corrected chi connectivity index (χ2v) is 10.2. The Bertz CT molecular complexity index is 1490. The minimum absolute atomic E-state index is 0.0761. The molecular weight excluding hydrogens is 484 g/mol. The van der Waals surface area contributed by atoms with Crippen molar-refractivity contribution in [3.63, 3.8) is 0 Å². The predicted octanol–water partition coefficient (Wildman–Crippen LogP) is 8.98. The first-order chi connectivity index (χ1) is 14.0. The smallest absolute Gasteiger partial charge is 0.0257 e. The van der Waals surface area contributed by atoms with Crippen LogP contribution in [0.15, 0.2) is 81.7 Å². The van der Waals surface area contributed by atoms with Crippen LogP contribution >= 0.6 is 31.9 Å². The van der Waals surface area contributed by atoms with E-state index in [1.165, 1.54) is 59.0 Å². The lowest BCUT2D eigenvalue weighted by molar-refractivity contribution is 0.666. The van der Waals surface area contributed by atoms with Gasteiger partial charge < -0.3 is 0 Å². The quantitative estimate of drug-likeness (QED) is 0.186. The lowest BCUT2D eigenvalue weighted by atomic mass is 9.79. The van der Waals surface area contributed by atoms with Crippen LogP contribution < -0.4 is 0 Å². The second-order valence-electron chi connectivity index (χ2n) is 8.44. The first-order valence-electron chi connectivity index (χ1n) is 9.85. The van der Waals surface area contributed by atoms with Crippen LogP contribution in [0.5, 0.6) is 0 Å². The van der Waals surface area contributed by atoms with Crippen molar-refractivity contribution in [1.29, 1.82) is 0 Å². The summed E-state index contributed by atoms with van der Waals surface area (Å²) < 4.78 is 2.29. The molecule has 0 atom stereocenters. The largest absolute Gasteiger partial charge is 0.0616 e. The Labute approximate surface area is 186 Å². The minimum atomic E-state index is -0.0761. The van der Waals surface area contributed by atoms with E-state index in [1.807, 2.05) is 0 Å². The molecule has 0 heterocycles. The number of hydrogen-bond acceptors (Lipinski definition) is 0. The molecule has 0 fully saturated rings. The summed E-state index contributed by atoms with van der Waals surface area (Å²) in [6, 6.07) is 26.7. The summed E-state index contributed by atoms with van der Waals surface area (Å²) in [6.07, 6.45) is 0. The Kier molecular flexibility index (Phi) is 3.62. The first kappa shape index (κ1) is 17.7. The zero-order valence-corrected chi connectivity index (χ0v) is 19.4. The fraction of sp³-hybridized carbons (Fsp3) is 0.111. The standard InChI is InChI=1S/C27H18Br2/c1-27(2)22-14-23(29)17-8-4-6-10-19(17)24(22)25-18-9-5-3-7-16(18)21-13-15(28)11-12-20(21)26(25)27/h3-14H,1-2H3. The lowest BCUT2D eigenvalue weighted by Crippen LogP contribution is -2.15. The van der Waals surface area contributed by atoms with Gasteiger partial charge in [0.1, 0.15) is 0 Å². The lowest BCUT2D eigenvalue weighted by Gasteiger charge is -2.24. The zero-order valence-electron chi connectivity index (χ0n) is 16.2. The Morgan fingerprint density at radius 3 is 1.93 bits per heavy atom. The van der Waals surface area contributed by atoms with Crippen LogP contribution in [-0.4, -0.2) is 0 Å². The van der Waals surface area contributed by atoms with Gasteiger partial charge in [-0.15, -0.1) is 0 Å². The summed E-state index contributed by atoms with van der Waals surface area (Å²) >= 11 is 7.54. The zero-order chi connectivity index (χ0) is 19.9. The van der Waals surface area contributed by atoms with E-state index >= 15 is 0 Å². The Morgan fingerprint density at radius 2 is 1.21 bits per heavy atom. The van der Waals surface area contributed by atoms with Crippen LogP contribution in [0.3, 0.4) is 0 Å². The van der Waals surface area contributed by atoms with Gasteiger partial charge in [0.15, 0.2) is 0 Å². The summed E-state index contributed by atoms with van der Waals surface area (Å²) in [6.45, 7) is 4.74. The molecule has 6 rings (SSSR count). The fourth-order valence-corrected chi connectivity index (χ4v) is 6.24. The third kappa shape index (κ3) is 2.25. The molecule has 0 N–H and O–H groups in total. The van der Waals surface area contributed by atoms with E-state index in [1.54, 1.807) is 0 Å². The van der Waals surface area contributed by atoms with Crippen molar-refractivity contribution in [2.45, 2.75) is 19.3 Å². The highest BCUT2D eigenvalue weighted by Gasteiger charge is 2.39. The van der Waals surface area contributed by atoms with Gasteiger partial charge in [-0.05, 0) is 72.8 Å². The van der Waals surface area contributed by atoms with Crippen LogP contribution in [0.1, 0.15) is 25.0 Å². The third-order valence-corrected chi connectivity index (χ3v) is 7.68. The molecule has 29 heavy (non-hydrogen) atoms. The number of hydrogen-bond donors (Lipinski definition) is 0. The first-order valence-corrected chi connectivity index (χ1v) is 11.4. The van der Waals surface area contributed by atoms with Crippen LogP contribution in [0.4, 0.5) is 0 Å². The number of rotatable bonds is 0.